The van der Waals surface area contributed by atoms with Crippen molar-refractivity contribution in [3.05, 3.63) is 64.2 Å². The molecular weight excluding hydrogens is 424 g/mol. The number of rotatable bonds is 8. The van der Waals surface area contributed by atoms with E-state index in [1.807, 2.05) is 38.1 Å². The lowest BCUT2D eigenvalue weighted by atomic mass is 9.93. The molecule has 0 spiro atoms. The SMILES string of the molecule is COC(=O)CC/C(C)=C/Cc1c(NC(=O)Nc2ccccc2)c2c(c(C)c1OC)COC2=O. The van der Waals surface area contributed by atoms with Gasteiger partial charge in [-0.1, -0.05) is 29.8 Å². The molecule has 0 radical (unpaired) electrons. The molecule has 1 aliphatic rings. The molecule has 0 saturated heterocycles. The number of methoxy groups -OCH3 is 2. The summed E-state index contributed by atoms with van der Waals surface area (Å²) in [6, 6.07) is 8.52. The molecule has 0 fully saturated rings. The maximum Gasteiger partial charge on any atom is 0.341 e. The highest BCUT2D eigenvalue weighted by molar-refractivity contribution is 6.08. The van der Waals surface area contributed by atoms with Crippen molar-refractivity contribution in [3.8, 4) is 5.75 Å². The van der Waals surface area contributed by atoms with Crippen LogP contribution in [0.1, 0.15) is 46.8 Å². The Hall–Kier alpha value is -3.81. The lowest BCUT2D eigenvalue weighted by molar-refractivity contribution is -0.140. The number of hydrogen-bond donors (Lipinski definition) is 2. The van der Waals surface area contributed by atoms with E-state index in [2.05, 4.69) is 10.6 Å². The summed E-state index contributed by atoms with van der Waals surface area (Å²) < 4.78 is 15.6. The Balaban J connectivity index is 1.97. The van der Waals surface area contributed by atoms with E-state index in [-0.39, 0.29) is 19.0 Å². The minimum atomic E-state index is -0.488. The molecule has 2 N–H and O–H groups in total. The van der Waals surface area contributed by atoms with Crippen molar-refractivity contribution in [1.29, 1.82) is 0 Å². The summed E-state index contributed by atoms with van der Waals surface area (Å²) in [6.07, 6.45) is 3.15. The van der Waals surface area contributed by atoms with E-state index in [1.165, 1.54) is 7.11 Å². The van der Waals surface area contributed by atoms with Gasteiger partial charge in [-0.05, 0) is 44.4 Å². The Morgan fingerprint density at radius 3 is 2.52 bits per heavy atom. The first kappa shape index (κ1) is 23.8. The summed E-state index contributed by atoms with van der Waals surface area (Å²) in [4.78, 5) is 36.8. The highest BCUT2D eigenvalue weighted by Gasteiger charge is 2.32. The molecule has 174 valence electrons. The van der Waals surface area contributed by atoms with Gasteiger partial charge in [-0.25, -0.2) is 9.59 Å². The van der Waals surface area contributed by atoms with Crippen LogP contribution in [0.15, 0.2) is 42.0 Å². The third kappa shape index (κ3) is 5.52. The van der Waals surface area contributed by atoms with Gasteiger partial charge in [-0.15, -0.1) is 0 Å². The molecule has 0 atom stereocenters. The van der Waals surface area contributed by atoms with Gasteiger partial charge in [0, 0.05) is 23.2 Å². The number of benzene rings is 2. The van der Waals surface area contributed by atoms with Gasteiger partial charge >= 0.3 is 18.0 Å². The zero-order chi connectivity index (χ0) is 24.0. The average molecular weight is 453 g/mol. The molecule has 2 aromatic rings. The number of ether oxygens (including phenoxy) is 3. The highest BCUT2D eigenvalue weighted by Crippen LogP contribution is 2.41. The monoisotopic (exact) mass is 452 g/mol. The first-order valence-corrected chi connectivity index (χ1v) is 10.6. The summed E-state index contributed by atoms with van der Waals surface area (Å²) in [5.74, 6) is -0.186. The van der Waals surface area contributed by atoms with Crippen LogP contribution in [-0.2, 0) is 27.3 Å². The van der Waals surface area contributed by atoms with Crippen LogP contribution in [0, 0.1) is 6.92 Å². The fourth-order valence-corrected chi connectivity index (χ4v) is 3.77. The van der Waals surface area contributed by atoms with E-state index in [4.69, 9.17) is 14.2 Å². The number of esters is 2. The highest BCUT2D eigenvalue weighted by atomic mass is 16.5. The molecule has 1 aliphatic heterocycles. The van der Waals surface area contributed by atoms with Crippen LogP contribution in [0.2, 0.25) is 0 Å². The number of urea groups is 1. The van der Waals surface area contributed by atoms with Crippen molar-refractivity contribution in [2.24, 2.45) is 0 Å². The summed E-state index contributed by atoms with van der Waals surface area (Å²) >= 11 is 0. The lowest BCUT2D eigenvalue weighted by Crippen LogP contribution is -2.22. The Morgan fingerprint density at radius 2 is 1.85 bits per heavy atom. The van der Waals surface area contributed by atoms with Gasteiger partial charge in [0.15, 0.2) is 0 Å². The maximum absolute atomic E-state index is 12.8. The van der Waals surface area contributed by atoms with Crippen LogP contribution < -0.4 is 15.4 Å². The predicted molar refractivity (Wildman–Crippen MR) is 125 cm³/mol. The predicted octanol–water partition coefficient (Wildman–Crippen LogP) is 4.76. The Bertz CT molecular complexity index is 1090. The second-order valence-electron chi connectivity index (χ2n) is 7.72. The van der Waals surface area contributed by atoms with Gasteiger partial charge in [0.05, 0.1) is 25.5 Å². The van der Waals surface area contributed by atoms with Gasteiger partial charge in [0.1, 0.15) is 12.4 Å². The van der Waals surface area contributed by atoms with E-state index in [0.29, 0.717) is 46.7 Å². The van der Waals surface area contributed by atoms with Gasteiger partial charge in [-0.3, -0.25) is 4.79 Å². The molecule has 2 amide bonds. The summed E-state index contributed by atoms with van der Waals surface area (Å²) in [5.41, 5.74) is 4.45. The van der Waals surface area contributed by atoms with Gasteiger partial charge in [0.25, 0.3) is 0 Å². The number of cyclic esters (lactones) is 1. The number of para-hydroxylation sites is 1. The van der Waals surface area contributed by atoms with Crippen molar-refractivity contribution < 1.29 is 28.6 Å². The van der Waals surface area contributed by atoms with E-state index in [9.17, 15) is 14.4 Å². The van der Waals surface area contributed by atoms with E-state index in [1.54, 1.807) is 19.2 Å². The Labute approximate surface area is 192 Å². The Kier molecular flexibility index (Phi) is 7.71. The van der Waals surface area contributed by atoms with Crippen molar-refractivity contribution >= 4 is 29.3 Å². The molecule has 2 aromatic carbocycles. The summed E-state index contributed by atoms with van der Waals surface area (Å²) in [7, 11) is 2.91. The molecule has 0 bridgehead atoms. The molecule has 0 aliphatic carbocycles. The van der Waals surface area contributed by atoms with Crippen molar-refractivity contribution in [1.82, 2.24) is 0 Å². The topological polar surface area (TPSA) is 103 Å². The van der Waals surface area contributed by atoms with E-state index in [0.717, 1.165) is 11.1 Å². The number of nitrogens with one attached hydrogen (secondary N) is 2. The number of hydrogen-bond acceptors (Lipinski definition) is 6. The van der Waals surface area contributed by atoms with Crippen molar-refractivity contribution in [3.63, 3.8) is 0 Å². The van der Waals surface area contributed by atoms with Crippen LogP contribution in [0.4, 0.5) is 16.2 Å². The average Bonchev–Trinajstić information content (AvgIpc) is 3.20. The van der Waals surface area contributed by atoms with Crippen molar-refractivity contribution in [2.75, 3.05) is 24.9 Å². The first-order valence-electron chi connectivity index (χ1n) is 10.6. The zero-order valence-electron chi connectivity index (χ0n) is 19.2. The third-order valence-corrected chi connectivity index (χ3v) is 5.55. The smallest absolute Gasteiger partial charge is 0.341 e. The van der Waals surface area contributed by atoms with Crippen LogP contribution in [-0.4, -0.2) is 32.2 Å². The summed E-state index contributed by atoms with van der Waals surface area (Å²) in [6.45, 7) is 3.91. The van der Waals surface area contributed by atoms with Gasteiger partial charge < -0.3 is 24.8 Å². The summed E-state index contributed by atoms with van der Waals surface area (Å²) in [5, 5.41) is 5.61. The van der Waals surface area contributed by atoms with E-state index >= 15 is 0 Å². The van der Waals surface area contributed by atoms with Crippen molar-refractivity contribution in [2.45, 2.75) is 39.7 Å². The number of amides is 2. The molecule has 33 heavy (non-hydrogen) atoms. The quantitative estimate of drug-likeness (QED) is 0.442. The molecule has 0 aromatic heterocycles. The zero-order valence-corrected chi connectivity index (χ0v) is 19.2. The lowest BCUT2D eigenvalue weighted by Gasteiger charge is -2.20. The minimum Gasteiger partial charge on any atom is -0.496 e. The second-order valence-corrected chi connectivity index (χ2v) is 7.72. The Morgan fingerprint density at radius 1 is 1.12 bits per heavy atom. The van der Waals surface area contributed by atoms with E-state index < -0.39 is 12.0 Å². The van der Waals surface area contributed by atoms with Crippen LogP contribution >= 0.6 is 0 Å². The molecule has 0 saturated carbocycles. The fraction of sp³-hybridized carbons (Fsp3) is 0.320. The number of allylic oxidation sites excluding steroid dienone is 2. The molecular formula is C25H28N2O6. The third-order valence-electron chi connectivity index (χ3n) is 5.55. The molecule has 1 heterocycles. The molecule has 0 unspecified atom stereocenters. The van der Waals surface area contributed by atoms with Crippen LogP contribution in [0.3, 0.4) is 0 Å². The standard InChI is InChI=1S/C25H28N2O6/c1-15(11-13-20(28)31-3)10-12-18-22(27-25(30)26-17-8-6-5-7-9-17)21-19(14-33-24(21)29)16(2)23(18)32-4/h5-10H,11-14H2,1-4H3,(H2,26,27,30)/b15-10+. The minimum absolute atomic E-state index is 0.125. The largest absolute Gasteiger partial charge is 0.496 e. The number of carbonyl (C=O) groups excluding carboxylic acids is 3. The van der Waals surface area contributed by atoms with Crippen LogP contribution in [0.25, 0.3) is 0 Å². The number of carbonyl (C=O) groups is 3. The number of anilines is 2. The maximum atomic E-state index is 12.8. The molecule has 3 rings (SSSR count). The number of fused-ring (bicyclic) bond motifs is 1. The van der Waals surface area contributed by atoms with Gasteiger partial charge in [-0.2, -0.15) is 0 Å². The van der Waals surface area contributed by atoms with Gasteiger partial charge in [0.2, 0.25) is 0 Å². The first-order chi connectivity index (χ1) is 15.8. The van der Waals surface area contributed by atoms with Crippen LogP contribution in [0.5, 0.6) is 5.75 Å². The second kappa shape index (κ2) is 10.7. The molecule has 8 heteroatoms. The molecule has 8 nitrogen and oxygen atoms in total. The fourth-order valence-electron chi connectivity index (χ4n) is 3.77. The normalized spacial score (nSPS) is 12.6.